The van der Waals surface area contributed by atoms with E-state index in [9.17, 15) is 4.79 Å². The van der Waals surface area contributed by atoms with Crippen LogP contribution in [0.5, 0.6) is 0 Å². The van der Waals surface area contributed by atoms with Gasteiger partial charge in [-0.1, -0.05) is 70.4 Å². The summed E-state index contributed by atoms with van der Waals surface area (Å²) in [4.78, 5) is 11.7. The van der Waals surface area contributed by atoms with Gasteiger partial charge in [-0.25, -0.2) is 0 Å². The number of amides is 1. The number of rotatable bonds is 10. The average molecular weight is 350 g/mol. The molecule has 0 aliphatic heterocycles. The molecule has 0 heterocycles. The van der Waals surface area contributed by atoms with Crippen molar-refractivity contribution in [2.45, 2.75) is 83.5 Å². The van der Waals surface area contributed by atoms with Gasteiger partial charge < -0.3 is 10.2 Å². The molecule has 2 N–H and O–H groups in total. The quantitative estimate of drug-likeness (QED) is 0.474. The molecule has 0 saturated heterocycles. The van der Waals surface area contributed by atoms with Crippen molar-refractivity contribution in [2.75, 3.05) is 0 Å². The smallest absolute Gasteiger partial charge is 0.245 e. The summed E-state index contributed by atoms with van der Waals surface area (Å²) in [6.07, 6.45) is 5.93. The van der Waals surface area contributed by atoms with Crippen molar-refractivity contribution >= 4 is 14.2 Å². The summed E-state index contributed by atoms with van der Waals surface area (Å²) in [5.74, 6) is -0.316. The van der Waals surface area contributed by atoms with Crippen LogP contribution in [-0.2, 0) is 15.6 Å². The summed E-state index contributed by atoms with van der Waals surface area (Å²) in [7, 11) is -1.95. The van der Waals surface area contributed by atoms with Crippen molar-refractivity contribution in [2.24, 2.45) is 5.73 Å². The van der Waals surface area contributed by atoms with Gasteiger partial charge in [-0.2, -0.15) is 0 Å². The van der Waals surface area contributed by atoms with Crippen LogP contribution in [0.15, 0.2) is 30.3 Å². The molecule has 1 amide bonds. The Morgan fingerprint density at radius 3 is 2.21 bits per heavy atom. The van der Waals surface area contributed by atoms with Gasteiger partial charge in [-0.3, -0.25) is 4.79 Å². The van der Waals surface area contributed by atoms with E-state index in [1.165, 1.54) is 18.4 Å². The summed E-state index contributed by atoms with van der Waals surface area (Å²) in [6, 6.07) is 10.6. The Morgan fingerprint density at radius 2 is 1.67 bits per heavy atom. The van der Waals surface area contributed by atoms with Gasteiger partial charge in [0.25, 0.3) is 0 Å². The lowest BCUT2D eigenvalue weighted by molar-refractivity contribution is -0.125. The fraction of sp³-hybridized carbons (Fsp3) is 0.650. The van der Waals surface area contributed by atoms with Crippen LogP contribution >= 0.6 is 0 Å². The van der Waals surface area contributed by atoms with Crippen LogP contribution in [0.4, 0.5) is 0 Å². The molecule has 0 bridgehead atoms. The average Bonchev–Trinajstić information content (AvgIpc) is 2.49. The number of benzene rings is 1. The standard InChI is InChI=1S/C20H35NO2Si/c1-20(2,3)24(4,5)23-18(19(21)22)16-12-7-6-9-13-17-14-10-8-11-15-17/h8,10-11,14-15,18H,6-7,9,12-13,16H2,1-5H3,(H2,21,22). The Balaban J connectivity index is 2.30. The summed E-state index contributed by atoms with van der Waals surface area (Å²) in [5.41, 5.74) is 6.96. The van der Waals surface area contributed by atoms with Crippen molar-refractivity contribution in [3.05, 3.63) is 35.9 Å². The predicted molar refractivity (Wildman–Crippen MR) is 104 cm³/mol. The molecule has 0 aliphatic rings. The number of nitrogens with two attached hydrogens (primary N) is 1. The first-order valence-corrected chi connectivity index (χ1v) is 12.1. The van der Waals surface area contributed by atoms with E-state index in [0.717, 1.165) is 25.7 Å². The number of primary amides is 1. The maximum atomic E-state index is 11.7. The summed E-state index contributed by atoms with van der Waals surface area (Å²) in [6.45, 7) is 10.9. The van der Waals surface area contributed by atoms with E-state index in [4.69, 9.17) is 10.2 Å². The molecule has 1 unspecified atom stereocenters. The highest BCUT2D eigenvalue weighted by Crippen LogP contribution is 2.37. The number of carbonyl (C=O) groups excluding carboxylic acids is 1. The van der Waals surface area contributed by atoms with E-state index in [1.54, 1.807) is 0 Å². The first-order valence-electron chi connectivity index (χ1n) is 9.14. The number of hydrogen-bond acceptors (Lipinski definition) is 2. The number of unbranched alkanes of at least 4 members (excludes halogenated alkanes) is 3. The van der Waals surface area contributed by atoms with E-state index in [2.05, 4.69) is 64.2 Å². The monoisotopic (exact) mass is 349 g/mol. The third kappa shape index (κ3) is 7.18. The van der Waals surface area contributed by atoms with Gasteiger partial charge in [-0.15, -0.1) is 0 Å². The molecule has 1 atom stereocenters. The van der Waals surface area contributed by atoms with Gasteiger partial charge in [0.1, 0.15) is 6.10 Å². The van der Waals surface area contributed by atoms with Crippen LogP contribution in [0.2, 0.25) is 18.1 Å². The van der Waals surface area contributed by atoms with E-state index in [1.807, 2.05) is 0 Å². The van der Waals surface area contributed by atoms with Crippen molar-refractivity contribution < 1.29 is 9.22 Å². The van der Waals surface area contributed by atoms with Crippen LogP contribution in [-0.4, -0.2) is 20.3 Å². The molecular weight excluding hydrogens is 314 g/mol. The Kier molecular flexibility index (Phi) is 8.17. The molecule has 0 aromatic heterocycles. The molecule has 0 saturated carbocycles. The number of carbonyl (C=O) groups is 1. The zero-order chi connectivity index (χ0) is 18.2. The van der Waals surface area contributed by atoms with Crippen LogP contribution in [0, 0.1) is 0 Å². The van der Waals surface area contributed by atoms with Gasteiger partial charge in [0.2, 0.25) is 5.91 Å². The van der Waals surface area contributed by atoms with Crippen LogP contribution < -0.4 is 5.73 Å². The molecule has 0 fully saturated rings. The molecule has 24 heavy (non-hydrogen) atoms. The fourth-order valence-corrected chi connectivity index (χ4v) is 3.75. The molecule has 0 spiro atoms. The fourth-order valence-electron chi connectivity index (χ4n) is 2.45. The third-order valence-electron chi connectivity index (χ3n) is 5.09. The highest BCUT2D eigenvalue weighted by atomic mass is 28.4. The Bertz CT molecular complexity index is 494. The molecule has 136 valence electrons. The van der Waals surface area contributed by atoms with Gasteiger partial charge >= 0.3 is 0 Å². The lowest BCUT2D eigenvalue weighted by Crippen LogP contribution is -2.47. The largest absolute Gasteiger partial charge is 0.405 e. The minimum atomic E-state index is -1.95. The van der Waals surface area contributed by atoms with E-state index < -0.39 is 14.4 Å². The van der Waals surface area contributed by atoms with Gasteiger partial charge in [0, 0.05) is 0 Å². The molecular formula is C20H35NO2Si. The van der Waals surface area contributed by atoms with E-state index in [0.29, 0.717) is 0 Å². The molecule has 1 aromatic carbocycles. The highest BCUT2D eigenvalue weighted by molar-refractivity contribution is 6.74. The summed E-state index contributed by atoms with van der Waals surface area (Å²) < 4.78 is 6.20. The molecule has 0 aliphatic carbocycles. The molecule has 0 radical (unpaired) electrons. The van der Waals surface area contributed by atoms with Crippen molar-refractivity contribution in [3.63, 3.8) is 0 Å². The second kappa shape index (κ2) is 9.38. The maximum Gasteiger partial charge on any atom is 0.245 e. The van der Waals surface area contributed by atoms with Crippen molar-refractivity contribution in [3.8, 4) is 0 Å². The van der Waals surface area contributed by atoms with Crippen LogP contribution in [0.3, 0.4) is 0 Å². The van der Waals surface area contributed by atoms with Crippen molar-refractivity contribution in [1.29, 1.82) is 0 Å². The van der Waals surface area contributed by atoms with Gasteiger partial charge in [0.05, 0.1) is 0 Å². The van der Waals surface area contributed by atoms with Gasteiger partial charge in [-0.05, 0) is 43.0 Å². The van der Waals surface area contributed by atoms with E-state index >= 15 is 0 Å². The Labute approximate surface area is 149 Å². The zero-order valence-corrected chi connectivity index (χ0v) is 17.1. The van der Waals surface area contributed by atoms with E-state index in [-0.39, 0.29) is 10.9 Å². The molecule has 3 nitrogen and oxygen atoms in total. The minimum absolute atomic E-state index is 0.0936. The maximum absolute atomic E-state index is 11.7. The highest BCUT2D eigenvalue weighted by Gasteiger charge is 2.40. The molecule has 1 rings (SSSR count). The lowest BCUT2D eigenvalue weighted by Gasteiger charge is -2.38. The normalized spacial score (nSPS) is 13.7. The summed E-state index contributed by atoms with van der Waals surface area (Å²) >= 11 is 0. The summed E-state index contributed by atoms with van der Waals surface area (Å²) in [5, 5.41) is 0.0936. The van der Waals surface area contributed by atoms with Gasteiger partial charge in [0.15, 0.2) is 8.32 Å². The SMILES string of the molecule is CC(C)(C)[Si](C)(C)OC(CCCCCCc1ccccc1)C(N)=O. The predicted octanol–water partition coefficient (Wildman–Crippen LogP) is 5.06. The topological polar surface area (TPSA) is 52.3 Å². The lowest BCUT2D eigenvalue weighted by atomic mass is 10.0. The Morgan fingerprint density at radius 1 is 1.08 bits per heavy atom. The van der Waals surface area contributed by atoms with Crippen LogP contribution in [0.25, 0.3) is 0 Å². The second-order valence-electron chi connectivity index (χ2n) is 8.21. The first kappa shape index (κ1) is 20.9. The molecule has 1 aromatic rings. The minimum Gasteiger partial charge on any atom is -0.405 e. The number of hydrogen-bond donors (Lipinski definition) is 1. The van der Waals surface area contributed by atoms with Crippen molar-refractivity contribution in [1.82, 2.24) is 0 Å². The van der Waals surface area contributed by atoms with Crippen LogP contribution in [0.1, 0.15) is 58.4 Å². The number of aryl methyl sites for hydroxylation is 1. The molecule has 4 heteroatoms. The first-order chi connectivity index (χ1) is 11.1. The second-order valence-corrected chi connectivity index (χ2v) is 13.0. The zero-order valence-electron chi connectivity index (χ0n) is 16.1. The Hall–Kier alpha value is -1.13. The third-order valence-corrected chi connectivity index (χ3v) is 9.57.